The van der Waals surface area contributed by atoms with E-state index in [1.807, 2.05) is 43.3 Å². The normalized spacial score (nSPS) is 21.2. The Kier molecular flexibility index (Phi) is 5.46. The minimum atomic E-state index is -1.02. The number of aliphatic hydroxyl groups is 1. The Morgan fingerprint density at radius 2 is 1.48 bits per heavy atom. The summed E-state index contributed by atoms with van der Waals surface area (Å²) in [4.78, 5) is 38.0. The van der Waals surface area contributed by atoms with Crippen molar-refractivity contribution >= 4 is 28.5 Å². The van der Waals surface area contributed by atoms with Gasteiger partial charge in [-0.15, -0.1) is 0 Å². The summed E-state index contributed by atoms with van der Waals surface area (Å²) in [5.41, 5.74) is 4.63. The molecular weight excluding hydrogens is 557 g/mol. The first kappa shape index (κ1) is 26.4. The summed E-state index contributed by atoms with van der Waals surface area (Å²) in [6.45, 7) is 3.62. The second-order valence-corrected chi connectivity index (χ2v) is 12.1. The van der Waals surface area contributed by atoms with E-state index in [1.165, 1.54) is 17.0 Å². The Morgan fingerprint density at radius 3 is 2.11 bits per heavy atom. The smallest absolute Gasteiger partial charge is 0.262 e. The number of carbonyl (C=O) groups excluding carboxylic acids is 2. The van der Waals surface area contributed by atoms with E-state index in [-0.39, 0.29) is 30.5 Å². The highest BCUT2D eigenvalue weighted by atomic mass is 19.1. The molecule has 4 heterocycles. The maximum absolute atomic E-state index is 13.9. The third-order valence-corrected chi connectivity index (χ3v) is 8.80. The molecule has 2 amide bonds. The van der Waals surface area contributed by atoms with Gasteiger partial charge in [-0.05, 0) is 55.3 Å². The highest BCUT2D eigenvalue weighted by Gasteiger charge is 2.60. The minimum absolute atomic E-state index is 0.226. The number of carbonyl (C=O) groups is 2. The van der Waals surface area contributed by atoms with Gasteiger partial charge < -0.3 is 5.11 Å². The average Bonchev–Trinajstić information content (AvgIpc) is 3.52. The van der Waals surface area contributed by atoms with Crippen molar-refractivity contribution in [2.24, 2.45) is 0 Å². The first-order valence-electron chi connectivity index (χ1n) is 14.4. The molecular formula is C35H26FN5O3. The van der Waals surface area contributed by atoms with Gasteiger partial charge in [-0.2, -0.15) is 9.61 Å². The van der Waals surface area contributed by atoms with Crippen molar-refractivity contribution < 1.29 is 19.1 Å². The summed E-state index contributed by atoms with van der Waals surface area (Å²) >= 11 is 0. The van der Waals surface area contributed by atoms with Crippen LogP contribution in [0.3, 0.4) is 0 Å². The molecule has 1 aliphatic heterocycles. The van der Waals surface area contributed by atoms with E-state index in [9.17, 15) is 19.1 Å². The molecule has 6 aromatic rings. The van der Waals surface area contributed by atoms with Gasteiger partial charge in [-0.3, -0.25) is 14.5 Å². The van der Waals surface area contributed by atoms with Crippen LogP contribution in [0.25, 0.3) is 39.1 Å². The van der Waals surface area contributed by atoms with E-state index in [1.54, 1.807) is 54.0 Å². The molecule has 3 aromatic heterocycles. The molecule has 9 heteroatoms. The second kappa shape index (κ2) is 9.11. The molecule has 44 heavy (non-hydrogen) atoms. The van der Waals surface area contributed by atoms with Crippen LogP contribution in [0.15, 0.2) is 91.1 Å². The molecule has 8 nitrogen and oxygen atoms in total. The third kappa shape index (κ3) is 3.82. The number of nitrogens with zero attached hydrogens (tertiary/aromatic N) is 5. The number of aryl methyl sites for hydroxylation is 1. The number of hydrogen-bond acceptors (Lipinski definition) is 6. The molecule has 216 valence electrons. The first-order chi connectivity index (χ1) is 21.1. The topological polar surface area (TPSA) is 101 Å². The standard InChI is InChI=1S/C35H26FN5O3/c1-20-15-29-37-17-23-16-28(21-9-13-25(36)14-10-21)30(38-31(23)41(29)39-20)22-7-11-24(12-8-22)35(18-34(2,44)19-35)40-32(42)26-5-3-4-6-27(26)33(40)43/h3-17,44H,18-19H2,1-2H3/t34-,35-. The van der Waals surface area contributed by atoms with Crippen LogP contribution >= 0.6 is 0 Å². The lowest BCUT2D eigenvalue weighted by molar-refractivity contribution is -0.118. The molecule has 1 aliphatic carbocycles. The molecule has 0 unspecified atom stereocenters. The van der Waals surface area contributed by atoms with Gasteiger partial charge in [0.05, 0.1) is 33.7 Å². The fourth-order valence-electron chi connectivity index (χ4n) is 6.94. The number of amides is 2. The summed E-state index contributed by atoms with van der Waals surface area (Å²) < 4.78 is 15.6. The number of rotatable bonds is 4. The number of pyridine rings is 1. The van der Waals surface area contributed by atoms with E-state index in [4.69, 9.17) is 4.98 Å². The molecule has 0 bridgehead atoms. The molecule has 1 fully saturated rings. The molecule has 2 aliphatic rings. The highest BCUT2D eigenvalue weighted by Crippen LogP contribution is 2.54. The van der Waals surface area contributed by atoms with Crippen molar-refractivity contribution in [1.29, 1.82) is 0 Å². The van der Waals surface area contributed by atoms with Crippen molar-refractivity contribution in [3.8, 4) is 22.4 Å². The van der Waals surface area contributed by atoms with Gasteiger partial charge in [0.15, 0.2) is 11.3 Å². The second-order valence-electron chi connectivity index (χ2n) is 12.1. The summed E-state index contributed by atoms with van der Waals surface area (Å²) in [7, 11) is 0. The lowest BCUT2D eigenvalue weighted by atomic mass is 9.61. The van der Waals surface area contributed by atoms with E-state index in [0.717, 1.165) is 33.3 Å². The fraction of sp³-hybridized carbons (Fsp3) is 0.171. The molecule has 0 radical (unpaired) electrons. The van der Waals surface area contributed by atoms with Gasteiger partial charge in [-0.25, -0.2) is 14.4 Å². The Balaban J connectivity index is 1.27. The van der Waals surface area contributed by atoms with E-state index >= 15 is 0 Å². The van der Waals surface area contributed by atoms with Crippen molar-refractivity contribution in [3.05, 3.63) is 119 Å². The molecule has 1 saturated carbocycles. The van der Waals surface area contributed by atoms with Crippen LogP contribution in [0.2, 0.25) is 0 Å². The SMILES string of the molecule is Cc1cc2ncc3cc(-c4ccc(F)cc4)c(-c4ccc([C@]5(N6C(=O)c7ccccc7C6=O)C[C@](C)(O)C5)cc4)nc3n2n1. The number of hydrogen-bond donors (Lipinski definition) is 1. The molecule has 0 spiro atoms. The lowest BCUT2D eigenvalue weighted by Gasteiger charge is -2.55. The highest BCUT2D eigenvalue weighted by molar-refractivity contribution is 6.22. The molecule has 3 aromatic carbocycles. The minimum Gasteiger partial charge on any atom is -0.390 e. The number of fused-ring (bicyclic) bond motifs is 4. The summed E-state index contributed by atoms with van der Waals surface area (Å²) in [5.74, 6) is -1.04. The number of halogens is 1. The van der Waals surface area contributed by atoms with Crippen molar-refractivity contribution in [1.82, 2.24) is 24.5 Å². The zero-order valence-electron chi connectivity index (χ0n) is 24.0. The average molecular weight is 584 g/mol. The van der Waals surface area contributed by atoms with Gasteiger partial charge in [0.2, 0.25) is 0 Å². The summed E-state index contributed by atoms with van der Waals surface area (Å²) in [6.07, 6.45) is 2.21. The number of benzene rings is 3. The fourth-order valence-corrected chi connectivity index (χ4v) is 6.94. The van der Waals surface area contributed by atoms with Gasteiger partial charge in [0, 0.05) is 41.6 Å². The first-order valence-corrected chi connectivity index (χ1v) is 14.4. The summed E-state index contributed by atoms with van der Waals surface area (Å²) in [5, 5.41) is 16.2. The van der Waals surface area contributed by atoms with Crippen LogP contribution in [0.4, 0.5) is 4.39 Å². The predicted molar refractivity (Wildman–Crippen MR) is 162 cm³/mol. The van der Waals surface area contributed by atoms with Gasteiger partial charge in [-0.1, -0.05) is 48.5 Å². The zero-order valence-corrected chi connectivity index (χ0v) is 24.0. The van der Waals surface area contributed by atoms with E-state index in [0.29, 0.717) is 28.1 Å². The molecule has 1 N–H and O–H groups in total. The van der Waals surface area contributed by atoms with Crippen molar-refractivity contribution in [2.45, 2.75) is 37.8 Å². The number of aromatic nitrogens is 4. The van der Waals surface area contributed by atoms with Crippen LogP contribution in [-0.2, 0) is 5.54 Å². The van der Waals surface area contributed by atoms with Crippen molar-refractivity contribution in [2.75, 3.05) is 0 Å². The van der Waals surface area contributed by atoms with Crippen LogP contribution < -0.4 is 0 Å². The van der Waals surface area contributed by atoms with Crippen LogP contribution in [-0.4, -0.2) is 47.0 Å². The van der Waals surface area contributed by atoms with Gasteiger partial charge in [0.25, 0.3) is 11.8 Å². The monoisotopic (exact) mass is 583 g/mol. The maximum atomic E-state index is 13.9. The Bertz CT molecular complexity index is 2130. The lowest BCUT2D eigenvalue weighted by Crippen LogP contribution is -2.63. The predicted octanol–water partition coefficient (Wildman–Crippen LogP) is 6.10. The van der Waals surface area contributed by atoms with Crippen LogP contribution in [0, 0.1) is 12.7 Å². The molecule has 8 rings (SSSR count). The largest absolute Gasteiger partial charge is 0.390 e. The van der Waals surface area contributed by atoms with Crippen LogP contribution in [0.5, 0.6) is 0 Å². The van der Waals surface area contributed by atoms with Gasteiger partial charge >= 0.3 is 0 Å². The van der Waals surface area contributed by atoms with Crippen molar-refractivity contribution in [3.63, 3.8) is 0 Å². The van der Waals surface area contributed by atoms with E-state index in [2.05, 4.69) is 10.1 Å². The molecule has 0 atom stereocenters. The molecule has 0 saturated heterocycles. The summed E-state index contributed by atoms with van der Waals surface area (Å²) in [6, 6.07) is 24.6. The maximum Gasteiger partial charge on any atom is 0.262 e. The van der Waals surface area contributed by atoms with Crippen LogP contribution in [0.1, 0.15) is 51.7 Å². The van der Waals surface area contributed by atoms with Gasteiger partial charge in [0.1, 0.15) is 5.82 Å². The zero-order chi connectivity index (χ0) is 30.4. The quantitative estimate of drug-likeness (QED) is 0.252. The number of imide groups is 1. The Hall–Kier alpha value is -5.28. The Morgan fingerprint density at radius 1 is 0.841 bits per heavy atom. The third-order valence-electron chi connectivity index (χ3n) is 8.80. The Labute approximate surface area is 251 Å². The van der Waals surface area contributed by atoms with E-state index < -0.39 is 11.1 Å².